The molecule has 1 aromatic carbocycles. The summed E-state index contributed by atoms with van der Waals surface area (Å²) >= 11 is 1.81. The van der Waals surface area contributed by atoms with Gasteiger partial charge in [0.15, 0.2) is 0 Å². The first-order chi connectivity index (χ1) is 8.18. The Morgan fingerprint density at radius 3 is 2.76 bits per heavy atom. The number of carboxylic acids is 1. The Balaban J connectivity index is 2.06. The molecule has 0 fully saturated rings. The molecule has 3 nitrogen and oxygen atoms in total. The molecule has 1 aromatic rings. The van der Waals surface area contributed by atoms with Gasteiger partial charge in [0.05, 0.1) is 0 Å². The molecule has 0 saturated carbocycles. The van der Waals surface area contributed by atoms with E-state index in [4.69, 9.17) is 5.11 Å². The Morgan fingerprint density at radius 1 is 1.41 bits per heavy atom. The van der Waals surface area contributed by atoms with Gasteiger partial charge < -0.3 is 10.4 Å². The summed E-state index contributed by atoms with van der Waals surface area (Å²) in [6.45, 7) is 2.93. The van der Waals surface area contributed by atoms with Crippen molar-refractivity contribution in [2.24, 2.45) is 0 Å². The van der Waals surface area contributed by atoms with Gasteiger partial charge in [0.25, 0.3) is 0 Å². The van der Waals surface area contributed by atoms with Crippen molar-refractivity contribution in [1.29, 1.82) is 0 Å². The summed E-state index contributed by atoms with van der Waals surface area (Å²) in [5, 5.41) is 11.9. The fourth-order valence-electron chi connectivity index (χ4n) is 1.43. The van der Waals surface area contributed by atoms with Crippen LogP contribution in [0.4, 0.5) is 0 Å². The van der Waals surface area contributed by atoms with Gasteiger partial charge in [-0.1, -0.05) is 18.2 Å². The molecule has 94 valence electrons. The lowest BCUT2D eigenvalue weighted by Gasteiger charge is -2.12. The first kappa shape index (κ1) is 14.1. The Labute approximate surface area is 107 Å². The molecule has 0 aliphatic heterocycles. The average molecular weight is 253 g/mol. The topological polar surface area (TPSA) is 49.3 Å². The monoisotopic (exact) mass is 253 g/mol. The maximum Gasteiger partial charge on any atom is 0.303 e. The number of carbonyl (C=O) groups is 1. The van der Waals surface area contributed by atoms with Gasteiger partial charge in [-0.25, -0.2) is 0 Å². The van der Waals surface area contributed by atoms with E-state index in [1.807, 2.05) is 36.9 Å². The van der Waals surface area contributed by atoms with Gasteiger partial charge in [0, 0.05) is 29.7 Å². The molecule has 0 aromatic heterocycles. The van der Waals surface area contributed by atoms with Crippen LogP contribution in [0.25, 0.3) is 0 Å². The molecular weight excluding hydrogens is 234 g/mol. The van der Waals surface area contributed by atoms with E-state index >= 15 is 0 Å². The minimum absolute atomic E-state index is 0.236. The number of nitrogens with one attached hydrogen (secondary N) is 1. The minimum Gasteiger partial charge on any atom is -0.481 e. The van der Waals surface area contributed by atoms with Crippen molar-refractivity contribution in [1.82, 2.24) is 5.32 Å². The third-order valence-corrected chi connectivity index (χ3v) is 3.41. The lowest BCUT2D eigenvalue weighted by atomic mass is 10.2. The predicted molar refractivity (Wildman–Crippen MR) is 71.5 cm³/mol. The fraction of sp³-hybridized carbons (Fsp3) is 0.462. The van der Waals surface area contributed by atoms with E-state index in [1.54, 1.807) is 0 Å². The van der Waals surface area contributed by atoms with E-state index in [1.165, 1.54) is 4.90 Å². The molecule has 0 bridgehead atoms. The van der Waals surface area contributed by atoms with Gasteiger partial charge >= 0.3 is 5.97 Å². The summed E-state index contributed by atoms with van der Waals surface area (Å²) < 4.78 is 0. The molecule has 2 N–H and O–H groups in total. The molecule has 0 aliphatic rings. The lowest BCUT2D eigenvalue weighted by Crippen LogP contribution is -2.28. The normalized spacial score (nSPS) is 12.3. The molecule has 0 radical (unpaired) electrons. The zero-order chi connectivity index (χ0) is 12.5. The van der Waals surface area contributed by atoms with Crippen molar-refractivity contribution in [3.8, 4) is 0 Å². The Kier molecular flexibility index (Phi) is 6.74. The summed E-state index contributed by atoms with van der Waals surface area (Å²) in [4.78, 5) is 11.7. The van der Waals surface area contributed by atoms with Crippen LogP contribution in [-0.2, 0) is 4.79 Å². The van der Waals surface area contributed by atoms with Crippen LogP contribution in [0.5, 0.6) is 0 Å². The lowest BCUT2D eigenvalue weighted by molar-refractivity contribution is -0.137. The number of aliphatic carboxylic acids is 1. The van der Waals surface area contributed by atoms with Crippen LogP contribution < -0.4 is 5.32 Å². The zero-order valence-electron chi connectivity index (χ0n) is 10.1. The van der Waals surface area contributed by atoms with Crippen molar-refractivity contribution >= 4 is 17.7 Å². The number of rotatable bonds is 8. The second-order valence-corrected chi connectivity index (χ2v) is 5.12. The number of hydrogen-bond donors (Lipinski definition) is 2. The second-order valence-electron chi connectivity index (χ2n) is 3.95. The maximum absolute atomic E-state index is 10.4. The predicted octanol–water partition coefficient (Wildman–Crippen LogP) is 2.62. The summed E-state index contributed by atoms with van der Waals surface area (Å²) in [5.41, 5.74) is 0. The quantitative estimate of drug-likeness (QED) is 0.552. The molecule has 17 heavy (non-hydrogen) atoms. The first-order valence-electron chi connectivity index (χ1n) is 5.81. The van der Waals surface area contributed by atoms with Crippen LogP contribution in [0, 0.1) is 0 Å². The number of hydrogen-bond acceptors (Lipinski definition) is 3. The molecule has 1 atom stereocenters. The van der Waals surface area contributed by atoms with E-state index in [-0.39, 0.29) is 12.5 Å². The van der Waals surface area contributed by atoms with E-state index in [9.17, 15) is 4.79 Å². The van der Waals surface area contributed by atoms with Crippen molar-refractivity contribution in [2.75, 3.05) is 12.3 Å². The Hall–Kier alpha value is -1.00. The zero-order valence-corrected chi connectivity index (χ0v) is 10.9. The summed E-state index contributed by atoms with van der Waals surface area (Å²) in [5.74, 6) is 0.277. The van der Waals surface area contributed by atoms with E-state index < -0.39 is 5.97 Å². The third-order valence-electron chi connectivity index (χ3n) is 2.40. The highest BCUT2D eigenvalue weighted by Gasteiger charge is 2.04. The number of benzene rings is 1. The summed E-state index contributed by atoms with van der Waals surface area (Å²) in [6, 6.07) is 10.5. The molecule has 4 heteroatoms. The van der Waals surface area contributed by atoms with Gasteiger partial charge in [-0.2, -0.15) is 0 Å². The molecule has 0 spiro atoms. The van der Waals surface area contributed by atoms with E-state index in [0.717, 1.165) is 12.3 Å². The van der Waals surface area contributed by atoms with Crippen molar-refractivity contribution in [3.63, 3.8) is 0 Å². The van der Waals surface area contributed by atoms with Crippen LogP contribution >= 0.6 is 11.8 Å². The van der Waals surface area contributed by atoms with Gasteiger partial charge in [-0.3, -0.25) is 4.79 Å². The standard InChI is InChI=1S/C13H19NO2S/c1-11(7-8-13(15)16)14-9-10-17-12-5-3-2-4-6-12/h2-6,11,14H,7-10H2,1H3,(H,15,16). The molecule has 1 unspecified atom stereocenters. The largest absolute Gasteiger partial charge is 0.481 e. The van der Waals surface area contributed by atoms with Gasteiger partial charge in [-0.15, -0.1) is 11.8 Å². The molecule has 1 rings (SSSR count). The summed E-state index contributed by atoms with van der Waals surface area (Å²) in [6.07, 6.45) is 0.922. The Morgan fingerprint density at radius 2 is 2.12 bits per heavy atom. The van der Waals surface area contributed by atoms with Crippen LogP contribution in [0.3, 0.4) is 0 Å². The van der Waals surface area contributed by atoms with E-state index in [0.29, 0.717) is 6.42 Å². The maximum atomic E-state index is 10.4. The smallest absolute Gasteiger partial charge is 0.303 e. The number of carboxylic acid groups (broad SMARTS) is 1. The first-order valence-corrected chi connectivity index (χ1v) is 6.80. The van der Waals surface area contributed by atoms with Crippen LogP contribution in [-0.4, -0.2) is 29.4 Å². The van der Waals surface area contributed by atoms with Crippen LogP contribution in [0.2, 0.25) is 0 Å². The van der Waals surface area contributed by atoms with Crippen molar-refractivity contribution in [2.45, 2.75) is 30.7 Å². The molecule has 0 saturated heterocycles. The highest BCUT2D eigenvalue weighted by molar-refractivity contribution is 7.99. The SMILES string of the molecule is CC(CCC(=O)O)NCCSc1ccccc1. The highest BCUT2D eigenvalue weighted by atomic mass is 32.2. The van der Waals surface area contributed by atoms with Crippen molar-refractivity contribution < 1.29 is 9.90 Å². The molecule has 0 amide bonds. The van der Waals surface area contributed by atoms with Gasteiger partial charge in [0.2, 0.25) is 0 Å². The van der Waals surface area contributed by atoms with Crippen molar-refractivity contribution in [3.05, 3.63) is 30.3 Å². The van der Waals surface area contributed by atoms with Crippen LogP contribution in [0.15, 0.2) is 35.2 Å². The highest BCUT2D eigenvalue weighted by Crippen LogP contribution is 2.15. The Bertz CT molecular complexity index is 329. The van der Waals surface area contributed by atoms with Gasteiger partial charge in [0.1, 0.15) is 0 Å². The molecule has 0 heterocycles. The van der Waals surface area contributed by atoms with Crippen LogP contribution in [0.1, 0.15) is 19.8 Å². The minimum atomic E-state index is -0.725. The van der Waals surface area contributed by atoms with E-state index in [2.05, 4.69) is 17.4 Å². The summed E-state index contributed by atoms with van der Waals surface area (Å²) in [7, 11) is 0. The molecular formula is C13H19NO2S. The second kappa shape index (κ2) is 8.14. The average Bonchev–Trinajstić information content (AvgIpc) is 2.33. The van der Waals surface area contributed by atoms with Gasteiger partial charge in [-0.05, 0) is 25.5 Å². The molecule has 0 aliphatic carbocycles. The fourth-order valence-corrected chi connectivity index (χ4v) is 2.24. The number of thioether (sulfide) groups is 1. The third kappa shape index (κ3) is 7.02.